The van der Waals surface area contributed by atoms with Gasteiger partial charge in [-0.3, -0.25) is 0 Å². The molecule has 5 heteroatoms. The molecular formula is C16H15N3OS. The van der Waals surface area contributed by atoms with Crippen LogP contribution in [0.4, 0.5) is 5.69 Å². The van der Waals surface area contributed by atoms with Crippen molar-refractivity contribution in [3.8, 4) is 11.5 Å². The van der Waals surface area contributed by atoms with Crippen LogP contribution in [-0.2, 0) is 0 Å². The molecule has 0 saturated carbocycles. The smallest absolute Gasteiger partial charge is 0.227 e. The van der Waals surface area contributed by atoms with Gasteiger partial charge < -0.3 is 15.5 Å². The molecule has 3 N–H and O–H groups in total. The van der Waals surface area contributed by atoms with Crippen molar-refractivity contribution in [2.75, 3.05) is 5.32 Å². The molecule has 21 heavy (non-hydrogen) atoms. The van der Waals surface area contributed by atoms with Crippen LogP contribution >= 0.6 is 12.2 Å². The number of aryl methyl sites for hydroxylation is 2. The number of fused-ring (bicyclic) bond motifs is 1. The van der Waals surface area contributed by atoms with Crippen molar-refractivity contribution in [3.63, 3.8) is 0 Å². The highest BCUT2D eigenvalue weighted by molar-refractivity contribution is 7.80. The zero-order valence-corrected chi connectivity index (χ0v) is 12.6. The summed E-state index contributed by atoms with van der Waals surface area (Å²) >= 11 is 4.89. The maximum absolute atomic E-state index is 5.81. The van der Waals surface area contributed by atoms with Crippen LogP contribution in [0, 0.1) is 13.8 Å². The Balaban J connectivity index is 2.07. The SMILES string of the molecule is Cc1ccc2oc(-c3ccc(C)c(NC(N)=S)c3)nc2c1. The number of nitrogens with zero attached hydrogens (tertiary/aromatic N) is 1. The second-order valence-corrected chi connectivity index (χ2v) is 5.45. The molecule has 0 bridgehead atoms. The van der Waals surface area contributed by atoms with Gasteiger partial charge in [0.25, 0.3) is 0 Å². The Bertz CT molecular complexity index is 839. The molecule has 0 aliphatic rings. The lowest BCUT2D eigenvalue weighted by molar-refractivity contribution is 0.620. The molecule has 0 saturated heterocycles. The lowest BCUT2D eigenvalue weighted by Crippen LogP contribution is -2.19. The van der Waals surface area contributed by atoms with Crippen molar-refractivity contribution in [1.82, 2.24) is 4.98 Å². The molecule has 3 rings (SSSR count). The van der Waals surface area contributed by atoms with E-state index in [1.807, 2.05) is 50.2 Å². The quantitative estimate of drug-likeness (QED) is 0.705. The monoisotopic (exact) mass is 297 g/mol. The Kier molecular flexibility index (Phi) is 3.35. The largest absolute Gasteiger partial charge is 0.436 e. The van der Waals surface area contributed by atoms with E-state index in [1.165, 1.54) is 0 Å². The topological polar surface area (TPSA) is 64.1 Å². The van der Waals surface area contributed by atoms with Gasteiger partial charge in [-0.05, 0) is 61.5 Å². The van der Waals surface area contributed by atoms with Crippen molar-refractivity contribution in [3.05, 3.63) is 47.5 Å². The Morgan fingerprint density at radius 2 is 2.00 bits per heavy atom. The van der Waals surface area contributed by atoms with Gasteiger partial charge in [-0.1, -0.05) is 12.1 Å². The lowest BCUT2D eigenvalue weighted by Gasteiger charge is -2.08. The summed E-state index contributed by atoms with van der Waals surface area (Å²) in [5, 5.41) is 3.21. The molecule has 4 nitrogen and oxygen atoms in total. The lowest BCUT2D eigenvalue weighted by atomic mass is 10.1. The summed E-state index contributed by atoms with van der Waals surface area (Å²) in [6, 6.07) is 11.8. The van der Waals surface area contributed by atoms with Crippen LogP contribution in [0.5, 0.6) is 0 Å². The third-order valence-corrected chi connectivity index (χ3v) is 3.39. The van der Waals surface area contributed by atoms with Crippen LogP contribution in [-0.4, -0.2) is 10.1 Å². The Hall–Kier alpha value is -2.40. The van der Waals surface area contributed by atoms with Crippen LogP contribution in [0.25, 0.3) is 22.6 Å². The first-order chi connectivity index (χ1) is 10.0. The molecule has 0 spiro atoms. The summed E-state index contributed by atoms with van der Waals surface area (Å²) in [6.07, 6.45) is 0. The number of hydrogen-bond donors (Lipinski definition) is 2. The number of nitrogens with one attached hydrogen (secondary N) is 1. The van der Waals surface area contributed by atoms with E-state index in [4.69, 9.17) is 22.4 Å². The summed E-state index contributed by atoms with van der Waals surface area (Å²) in [5.41, 5.74) is 11.1. The summed E-state index contributed by atoms with van der Waals surface area (Å²) in [4.78, 5) is 4.54. The van der Waals surface area contributed by atoms with Gasteiger partial charge in [0.05, 0.1) is 0 Å². The predicted molar refractivity (Wildman–Crippen MR) is 89.3 cm³/mol. The fraction of sp³-hybridized carbons (Fsp3) is 0.125. The highest BCUT2D eigenvalue weighted by Crippen LogP contribution is 2.28. The first kappa shape index (κ1) is 13.6. The fourth-order valence-electron chi connectivity index (χ4n) is 2.18. The molecule has 0 aliphatic carbocycles. The van der Waals surface area contributed by atoms with E-state index in [0.29, 0.717) is 5.89 Å². The number of rotatable bonds is 2. The zero-order chi connectivity index (χ0) is 15.0. The highest BCUT2D eigenvalue weighted by atomic mass is 32.1. The molecule has 0 aliphatic heterocycles. The van der Waals surface area contributed by atoms with Crippen LogP contribution in [0.15, 0.2) is 40.8 Å². The fourth-order valence-corrected chi connectivity index (χ4v) is 2.29. The highest BCUT2D eigenvalue weighted by Gasteiger charge is 2.10. The van der Waals surface area contributed by atoms with E-state index < -0.39 is 0 Å². The van der Waals surface area contributed by atoms with Gasteiger partial charge in [0.1, 0.15) is 5.52 Å². The van der Waals surface area contributed by atoms with Crippen molar-refractivity contribution in [2.24, 2.45) is 5.73 Å². The third-order valence-electron chi connectivity index (χ3n) is 3.29. The molecule has 3 aromatic rings. The molecule has 106 valence electrons. The predicted octanol–water partition coefficient (Wildman–Crippen LogP) is 3.77. The van der Waals surface area contributed by atoms with E-state index in [0.717, 1.165) is 33.5 Å². The first-order valence-electron chi connectivity index (χ1n) is 6.57. The number of hydrogen-bond acceptors (Lipinski definition) is 3. The minimum atomic E-state index is 0.239. The minimum absolute atomic E-state index is 0.239. The van der Waals surface area contributed by atoms with Gasteiger partial charge in [-0.2, -0.15) is 0 Å². The maximum atomic E-state index is 5.81. The van der Waals surface area contributed by atoms with E-state index >= 15 is 0 Å². The number of anilines is 1. The third kappa shape index (κ3) is 2.73. The Labute approximate surface area is 128 Å². The van der Waals surface area contributed by atoms with Gasteiger partial charge in [0.15, 0.2) is 10.7 Å². The van der Waals surface area contributed by atoms with Gasteiger partial charge in [0, 0.05) is 11.3 Å². The van der Waals surface area contributed by atoms with E-state index in [2.05, 4.69) is 10.3 Å². The molecule has 0 amide bonds. The normalized spacial score (nSPS) is 10.8. The second-order valence-electron chi connectivity index (χ2n) is 5.01. The Morgan fingerprint density at radius 1 is 1.19 bits per heavy atom. The average Bonchev–Trinajstić information content (AvgIpc) is 2.83. The van der Waals surface area contributed by atoms with Crippen LogP contribution in [0.1, 0.15) is 11.1 Å². The number of thiocarbonyl (C=S) groups is 1. The molecule has 0 unspecified atom stereocenters. The van der Waals surface area contributed by atoms with E-state index in [9.17, 15) is 0 Å². The van der Waals surface area contributed by atoms with Gasteiger partial charge >= 0.3 is 0 Å². The van der Waals surface area contributed by atoms with Crippen LogP contribution in [0.2, 0.25) is 0 Å². The van der Waals surface area contributed by atoms with Crippen LogP contribution < -0.4 is 11.1 Å². The van der Waals surface area contributed by atoms with Crippen LogP contribution in [0.3, 0.4) is 0 Å². The molecule has 0 atom stereocenters. The molecule has 0 radical (unpaired) electrons. The van der Waals surface area contributed by atoms with Crippen molar-refractivity contribution in [2.45, 2.75) is 13.8 Å². The van der Waals surface area contributed by atoms with Crippen molar-refractivity contribution < 1.29 is 4.42 Å². The summed E-state index contributed by atoms with van der Waals surface area (Å²) < 4.78 is 5.81. The Morgan fingerprint density at radius 3 is 2.76 bits per heavy atom. The number of nitrogens with two attached hydrogens (primary N) is 1. The van der Waals surface area contributed by atoms with E-state index in [1.54, 1.807) is 0 Å². The maximum Gasteiger partial charge on any atom is 0.227 e. The molecule has 0 fully saturated rings. The van der Waals surface area contributed by atoms with Crippen molar-refractivity contribution in [1.29, 1.82) is 0 Å². The average molecular weight is 297 g/mol. The molecular weight excluding hydrogens is 282 g/mol. The first-order valence-corrected chi connectivity index (χ1v) is 6.98. The number of oxazole rings is 1. The van der Waals surface area contributed by atoms with Gasteiger partial charge in [0.2, 0.25) is 5.89 Å². The zero-order valence-electron chi connectivity index (χ0n) is 11.8. The summed E-state index contributed by atoms with van der Waals surface area (Å²) in [6.45, 7) is 4.02. The standard InChI is InChI=1S/C16H15N3OS/c1-9-3-6-14-13(7-9)18-15(20-14)11-5-4-10(2)12(8-11)19-16(17)21/h3-8H,1-2H3,(H3,17,19,21). The molecule has 2 aromatic carbocycles. The summed E-state index contributed by atoms with van der Waals surface area (Å²) in [5.74, 6) is 0.585. The van der Waals surface area contributed by atoms with Gasteiger partial charge in [-0.25, -0.2) is 4.98 Å². The number of benzene rings is 2. The molecule has 1 aromatic heterocycles. The van der Waals surface area contributed by atoms with Gasteiger partial charge in [-0.15, -0.1) is 0 Å². The van der Waals surface area contributed by atoms with Crippen molar-refractivity contribution >= 4 is 34.1 Å². The summed E-state index contributed by atoms with van der Waals surface area (Å²) in [7, 11) is 0. The molecule has 1 heterocycles. The minimum Gasteiger partial charge on any atom is -0.436 e. The van der Waals surface area contributed by atoms with E-state index in [-0.39, 0.29) is 5.11 Å². The second kappa shape index (κ2) is 5.18. The number of aromatic nitrogens is 1.